The molecule has 1 aromatic carbocycles. The van der Waals surface area contributed by atoms with Crippen LogP contribution in [0.5, 0.6) is 5.88 Å². The van der Waals surface area contributed by atoms with E-state index in [0.717, 1.165) is 24.1 Å². The maximum absolute atomic E-state index is 12.7. The second-order valence-corrected chi connectivity index (χ2v) is 6.46. The maximum atomic E-state index is 12.7. The molecule has 2 aromatic rings. The molecule has 0 radical (unpaired) electrons. The molecule has 1 aliphatic rings. The van der Waals surface area contributed by atoms with Gasteiger partial charge in [-0.15, -0.1) is 0 Å². The van der Waals surface area contributed by atoms with E-state index >= 15 is 0 Å². The molecule has 0 N–H and O–H groups in total. The maximum Gasteiger partial charge on any atom is 0.259 e. The average Bonchev–Trinajstić information content (AvgIpc) is 2.71. The van der Waals surface area contributed by atoms with Gasteiger partial charge in [0, 0.05) is 25.4 Å². The minimum absolute atomic E-state index is 0.0392. The minimum Gasteiger partial charge on any atom is -0.472 e. The van der Waals surface area contributed by atoms with Gasteiger partial charge in [0.15, 0.2) is 0 Å². The molecule has 24 heavy (non-hydrogen) atoms. The molecule has 0 saturated heterocycles. The number of aromatic nitrogens is 1. The van der Waals surface area contributed by atoms with Crippen LogP contribution in [0.2, 0.25) is 0 Å². The fraction of sp³-hybridized carbons (Fsp3) is 0.368. The van der Waals surface area contributed by atoms with Crippen LogP contribution in [0.1, 0.15) is 16.8 Å². The molecule has 126 valence electrons. The van der Waals surface area contributed by atoms with Crippen LogP contribution in [0.4, 0.5) is 0 Å². The summed E-state index contributed by atoms with van der Waals surface area (Å²) in [5, 5.41) is 0. The number of ether oxygens (including phenoxy) is 1. The van der Waals surface area contributed by atoms with E-state index < -0.39 is 0 Å². The van der Waals surface area contributed by atoms with Crippen molar-refractivity contribution in [3.63, 3.8) is 0 Å². The first-order chi connectivity index (χ1) is 11.5. The number of benzene rings is 1. The normalized spacial score (nSPS) is 17.4. The average molecular weight is 325 g/mol. The zero-order valence-electron chi connectivity index (χ0n) is 14.4. The molecule has 5 nitrogen and oxygen atoms in total. The van der Waals surface area contributed by atoms with Crippen molar-refractivity contribution in [3.05, 3.63) is 48.2 Å². The lowest BCUT2D eigenvalue weighted by Crippen LogP contribution is -2.35. The molecule has 1 amide bonds. The topological polar surface area (TPSA) is 45.7 Å². The molecule has 0 fully saturated rings. The van der Waals surface area contributed by atoms with Crippen LogP contribution in [-0.2, 0) is 0 Å². The van der Waals surface area contributed by atoms with E-state index in [1.54, 1.807) is 11.1 Å². The van der Waals surface area contributed by atoms with E-state index in [2.05, 4.69) is 9.88 Å². The Morgan fingerprint density at radius 3 is 2.71 bits per heavy atom. The van der Waals surface area contributed by atoms with Crippen molar-refractivity contribution < 1.29 is 9.53 Å². The predicted octanol–water partition coefficient (Wildman–Crippen LogP) is 2.53. The van der Waals surface area contributed by atoms with Gasteiger partial charge >= 0.3 is 0 Å². The van der Waals surface area contributed by atoms with E-state index in [9.17, 15) is 4.79 Å². The van der Waals surface area contributed by atoms with Gasteiger partial charge in [0.1, 0.15) is 11.7 Å². The van der Waals surface area contributed by atoms with E-state index in [1.165, 1.54) is 0 Å². The van der Waals surface area contributed by atoms with Crippen molar-refractivity contribution in [1.29, 1.82) is 0 Å². The summed E-state index contributed by atoms with van der Waals surface area (Å²) in [6, 6.07) is 11.8. The Hall–Kier alpha value is -2.40. The first-order valence-corrected chi connectivity index (χ1v) is 8.17. The number of fused-ring (bicyclic) bond motifs is 1. The quantitative estimate of drug-likeness (QED) is 0.866. The zero-order chi connectivity index (χ0) is 17.1. The third-order valence-corrected chi connectivity index (χ3v) is 4.19. The van der Waals surface area contributed by atoms with Gasteiger partial charge in [-0.1, -0.05) is 30.3 Å². The van der Waals surface area contributed by atoms with Crippen LogP contribution in [0.25, 0.3) is 11.1 Å². The van der Waals surface area contributed by atoms with Crippen molar-refractivity contribution in [2.24, 2.45) is 0 Å². The van der Waals surface area contributed by atoms with Crippen LogP contribution in [-0.4, -0.2) is 61.0 Å². The molecule has 0 bridgehead atoms. The Bertz CT molecular complexity index is 716. The van der Waals surface area contributed by atoms with Crippen LogP contribution in [0, 0.1) is 0 Å². The lowest BCUT2D eigenvalue weighted by Gasteiger charge is -2.21. The monoisotopic (exact) mass is 325 g/mol. The van der Waals surface area contributed by atoms with E-state index in [4.69, 9.17) is 4.74 Å². The Kier molecular flexibility index (Phi) is 4.81. The fourth-order valence-corrected chi connectivity index (χ4v) is 2.83. The summed E-state index contributed by atoms with van der Waals surface area (Å²) in [4.78, 5) is 21.0. The highest BCUT2D eigenvalue weighted by molar-refractivity contribution is 5.97. The lowest BCUT2D eigenvalue weighted by molar-refractivity contribution is 0.0749. The molecule has 1 aliphatic heterocycles. The molecule has 1 aromatic heterocycles. The number of amides is 1. The first kappa shape index (κ1) is 16.5. The van der Waals surface area contributed by atoms with Gasteiger partial charge in [0.25, 0.3) is 5.91 Å². The van der Waals surface area contributed by atoms with Crippen molar-refractivity contribution in [1.82, 2.24) is 14.8 Å². The third kappa shape index (κ3) is 3.57. The van der Waals surface area contributed by atoms with E-state index in [0.29, 0.717) is 18.0 Å². The van der Waals surface area contributed by atoms with Crippen LogP contribution >= 0.6 is 0 Å². The summed E-state index contributed by atoms with van der Waals surface area (Å²) in [5.41, 5.74) is 2.49. The number of carbonyl (C=O) groups is 1. The Balaban J connectivity index is 1.91. The molecule has 3 rings (SSSR count). The molecular formula is C19H23N3O2. The Labute approximate surface area is 142 Å². The number of hydrogen-bond donors (Lipinski definition) is 0. The molecule has 2 heterocycles. The number of pyridine rings is 1. The van der Waals surface area contributed by atoms with E-state index in [-0.39, 0.29) is 12.0 Å². The summed E-state index contributed by atoms with van der Waals surface area (Å²) >= 11 is 0. The van der Waals surface area contributed by atoms with Crippen LogP contribution in [0.15, 0.2) is 42.6 Å². The summed E-state index contributed by atoms with van der Waals surface area (Å²) in [5.74, 6) is 0.399. The van der Waals surface area contributed by atoms with Crippen LogP contribution < -0.4 is 4.74 Å². The first-order valence-electron chi connectivity index (χ1n) is 8.17. The van der Waals surface area contributed by atoms with Gasteiger partial charge in [-0.25, -0.2) is 4.98 Å². The predicted molar refractivity (Wildman–Crippen MR) is 94.2 cm³/mol. The summed E-state index contributed by atoms with van der Waals surface area (Å²) in [6.45, 7) is 1.48. The number of rotatable bonds is 4. The molecule has 0 saturated carbocycles. The molecule has 0 aliphatic carbocycles. The molecule has 1 unspecified atom stereocenters. The SMILES string of the molecule is CN(C)CCC1CN(C)C(=O)c2cc(-c3ccccc3)cnc2O1. The molecular weight excluding hydrogens is 302 g/mol. The van der Waals surface area contributed by atoms with Gasteiger partial charge in [-0.3, -0.25) is 4.79 Å². The van der Waals surface area contributed by atoms with Crippen molar-refractivity contribution in [2.75, 3.05) is 34.2 Å². The van der Waals surface area contributed by atoms with Crippen LogP contribution in [0.3, 0.4) is 0 Å². The summed E-state index contributed by atoms with van der Waals surface area (Å²) in [7, 11) is 5.88. The Morgan fingerprint density at radius 2 is 2.00 bits per heavy atom. The lowest BCUT2D eigenvalue weighted by atomic mass is 10.1. The molecule has 5 heteroatoms. The Morgan fingerprint density at radius 1 is 1.25 bits per heavy atom. The third-order valence-electron chi connectivity index (χ3n) is 4.19. The van der Waals surface area contributed by atoms with Gasteiger partial charge in [-0.2, -0.15) is 0 Å². The number of likely N-dealkylation sites (N-methyl/N-ethyl adjacent to an activating group) is 1. The molecule has 0 spiro atoms. The fourth-order valence-electron chi connectivity index (χ4n) is 2.83. The van der Waals surface area contributed by atoms with Gasteiger partial charge in [0.05, 0.1) is 6.54 Å². The summed E-state index contributed by atoms with van der Waals surface area (Å²) in [6.07, 6.45) is 2.58. The van der Waals surface area contributed by atoms with Crippen molar-refractivity contribution in [2.45, 2.75) is 12.5 Å². The highest BCUT2D eigenvalue weighted by Crippen LogP contribution is 2.28. The standard InChI is InChI=1S/C19H23N3O2/c1-21(2)10-9-16-13-22(3)19(23)17-11-15(12-20-18(17)24-16)14-7-5-4-6-8-14/h4-8,11-12,16H,9-10,13H2,1-3H3. The number of nitrogens with zero attached hydrogens (tertiary/aromatic N) is 3. The summed E-state index contributed by atoms with van der Waals surface area (Å²) < 4.78 is 6.04. The van der Waals surface area contributed by atoms with Gasteiger partial charge in [-0.05, 0) is 32.1 Å². The smallest absolute Gasteiger partial charge is 0.259 e. The highest BCUT2D eigenvalue weighted by Gasteiger charge is 2.28. The number of hydrogen-bond acceptors (Lipinski definition) is 4. The van der Waals surface area contributed by atoms with Gasteiger partial charge < -0.3 is 14.5 Å². The van der Waals surface area contributed by atoms with Crippen molar-refractivity contribution in [3.8, 4) is 17.0 Å². The molecule has 1 atom stereocenters. The number of carbonyl (C=O) groups excluding carboxylic acids is 1. The van der Waals surface area contributed by atoms with Gasteiger partial charge in [0.2, 0.25) is 5.88 Å². The van der Waals surface area contributed by atoms with E-state index in [1.807, 2.05) is 57.5 Å². The zero-order valence-corrected chi connectivity index (χ0v) is 14.4. The second kappa shape index (κ2) is 7.01. The van der Waals surface area contributed by atoms with Crippen molar-refractivity contribution >= 4 is 5.91 Å². The largest absolute Gasteiger partial charge is 0.472 e. The minimum atomic E-state index is -0.0438. The second-order valence-electron chi connectivity index (χ2n) is 6.46. The highest BCUT2D eigenvalue weighted by atomic mass is 16.5.